The van der Waals surface area contributed by atoms with Crippen LogP contribution < -0.4 is 10.6 Å². The predicted molar refractivity (Wildman–Crippen MR) is 90.2 cm³/mol. The molecule has 1 fully saturated rings. The molecule has 2 aromatic rings. The first-order chi connectivity index (χ1) is 11.2. The van der Waals surface area contributed by atoms with E-state index in [4.69, 9.17) is 11.6 Å². The minimum absolute atomic E-state index is 0.103. The predicted octanol–water partition coefficient (Wildman–Crippen LogP) is 1.16. The van der Waals surface area contributed by atoms with Crippen molar-refractivity contribution in [2.45, 2.75) is 0 Å². The Hall–Kier alpha value is -1.89. The van der Waals surface area contributed by atoms with E-state index in [2.05, 4.69) is 20.6 Å². The van der Waals surface area contributed by atoms with Gasteiger partial charge in [-0.05, 0) is 18.2 Å². The number of nitrogens with one attached hydrogen (secondary N) is 2. The van der Waals surface area contributed by atoms with Gasteiger partial charge in [-0.15, -0.1) is 0 Å². The Morgan fingerprint density at radius 3 is 2.96 bits per heavy atom. The molecule has 23 heavy (non-hydrogen) atoms. The number of rotatable bonds is 5. The van der Waals surface area contributed by atoms with Gasteiger partial charge in [0.05, 0.1) is 17.4 Å². The summed E-state index contributed by atoms with van der Waals surface area (Å²) in [6.45, 7) is 5.60. The SMILES string of the molecule is O=C(NCCN1CCNCC1)c1cnn(-c2cccc(Cl)c2)c1. The van der Waals surface area contributed by atoms with Gasteiger partial charge in [-0.3, -0.25) is 9.69 Å². The van der Waals surface area contributed by atoms with E-state index in [-0.39, 0.29) is 5.91 Å². The van der Waals surface area contributed by atoms with E-state index in [0.29, 0.717) is 17.1 Å². The molecule has 122 valence electrons. The smallest absolute Gasteiger partial charge is 0.254 e. The molecule has 0 spiro atoms. The molecule has 7 heteroatoms. The van der Waals surface area contributed by atoms with Gasteiger partial charge in [0.2, 0.25) is 0 Å². The molecular formula is C16H20ClN5O. The molecule has 1 saturated heterocycles. The normalized spacial score (nSPS) is 15.5. The molecule has 2 N–H and O–H groups in total. The van der Waals surface area contributed by atoms with Crippen molar-refractivity contribution in [3.8, 4) is 5.69 Å². The number of hydrogen-bond donors (Lipinski definition) is 2. The van der Waals surface area contributed by atoms with Gasteiger partial charge in [0.1, 0.15) is 0 Å². The van der Waals surface area contributed by atoms with Crippen LogP contribution in [0, 0.1) is 0 Å². The summed E-state index contributed by atoms with van der Waals surface area (Å²) in [6.07, 6.45) is 3.28. The summed E-state index contributed by atoms with van der Waals surface area (Å²) >= 11 is 5.98. The van der Waals surface area contributed by atoms with E-state index in [9.17, 15) is 4.79 Å². The summed E-state index contributed by atoms with van der Waals surface area (Å²) < 4.78 is 1.65. The van der Waals surface area contributed by atoms with E-state index in [0.717, 1.165) is 38.4 Å². The van der Waals surface area contributed by atoms with Crippen molar-refractivity contribution >= 4 is 17.5 Å². The van der Waals surface area contributed by atoms with Crippen molar-refractivity contribution in [1.29, 1.82) is 0 Å². The Kier molecular flexibility index (Phi) is 5.27. The highest BCUT2D eigenvalue weighted by atomic mass is 35.5. The third-order valence-electron chi connectivity index (χ3n) is 3.84. The zero-order valence-corrected chi connectivity index (χ0v) is 13.6. The Balaban J connectivity index is 1.54. The number of aromatic nitrogens is 2. The number of piperazine rings is 1. The van der Waals surface area contributed by atoms with Crippen molar-refractivity contribution in [3.63, 3.8) is 0 Å². The van der Waals surface area contributed by atoms with Gasteiger partial charge in [-0.2, -0.15) is 5.10 Å². The van der Waals surface area contributed by atoms with Crippen LogP contribution >= 0.6 is 11.6 Å². The third-order valence-corrected chi connectivity index (χ3v) is 4.08. The fourth-order valence-corrected chi connectivity index (χ4v) is 2.75. The molecular weight excluding hydrogens is 314 g/mol. The molecule has 0 unspecified atom stereocenters. The fourth-order valence-electron chi connectivity index (χ4n) is 2.56. The van der Waals surface area contributed by atoms with Gasteiger partial charge < -0.3 is 10.6 Å². The fraction of sp³-hybridized carbons (Fsp3) is 0.375. The molecule has 2 heterocycles. The minimum Gasteiger partial charge on any atom is -0.351 e. The molecule has 1 aliphatic heterocycles. The van der Waals surface area contributed by atoms with Crippen LogP contribution in [0.25, 0.3) is 5.69 Å². The van der Waals surface area contributed by atoms with Crippen LogP contribution in [0.1, 0.15) is 10.4 Å². The van der Waals surface area contributed by atoms with Crippen LogP contribution in [0.2, 0.25) is 5.02 Å². The van der Waals surface area contributed by atoms with E-state index in [1.807, 2.05) is 12.1 Å². The van der Waals surface area contributed by atoms with E-state index < -0.39 is 0 Å². The minimum atomic E-state index is -0.103. The van der Waals surface area contributed by atoms with Crippen LogP contribution in [0.3, 0.4) is 0 Å². The lowest BCUT2D eigenvalue weighted by Crippen LogP contribution is -2.46. The number of benzene rings is 1. The molecule has 0 atom stereocenters. The first-order valence-corrected chi connectivity index (χ1v) is 8.12. The van der Waals surface area contributed by atoms with Gasteiger partial charge >= 0.3 is 0 Å². The number of halogens is 1. The van der Waals surface area contributed by atoms with E-state index in [1.54, 1.807) is 29.2 Å². The number of carbonyl (C=O) groups is 1. The first kappa shape index (κ1) is 16.0. The highest BCUT2D eigenvalue weighted by molar-refractivity contribution is 6.30. The van der Waals surface area contributed by atoms with Crippen LogP contribution in [0.4, 0.5) is 0 Å². The molecule has 1 amide bonds. The van der Waals surface area contributed by atoms with E-state index >= 15 is 0 Å². The maximum atomic E-state index is 12.2. The molecule has 1 aromatic heterocycles. The second-order valence-corrected chi connectivity index (χ2v) is 5.94. The molecule has 6 nitrogen and oxygen atoms in total. The lowest BCUT2D eigenvalue weighted by Gasteiger charge is -2.26. The maximum absolute atomic E-state index is 12.2. The van der Waals surface area contributed by atoms with Gasteiger partial charge in [0.15, 0.2) is 0 Å². The first-order valence-electron chi connectivity index (χ1n) is 7.74. The summed E-state index contributed by atoms with van der Waals surface area (Å²) in [6, 6.07) is 7.36. The van der Waals surface area contributed by atoms with Crippen molar-refractivity contribution in [1.82, 2.24) is 25.3 Å². The summed E-state index contributed by atoms with van der Waals surface area (Å²) in [5.74, 6) is -0.103. The Morgan fingerprint density at radius 2 is 2.17 bits per heavy atom. The quantitative estimate of drug-likeness (QED) is 0.862. The Morgan fingerprint density at radius 1 is 1.35 bits per heavy atom. The molecule has 1 aromatic carbocycles. The monoisotopic (exact) mass is 333 g/mol. The van der Waals surface area contributed by atoms with Crippen LogP contribution in [0.15, 0.2) is 36.7 Å². The second-order valence-electron chi connectivity index (χ2n) is 5.50. The van der Waals surface area contributed by atoms with E-state index in [1.165, 1.54) is 0 Å². The zero-order valence-electron chi connectivity index (χ0n) is 12.8. The van der Waals surface area contributed by atoms with Crippen molar-refractivity contribution in [2.24, 2.45) is 0 Å². The number of hydrogen-bond acceptors (Lipinski definition) is 4. The van der Waals surface area contributed by atoms with Crippen molar-refractivity contribution in [2.75, 3.05) is 39.3 Å². The number of carbonyl (C=O) groups excluding carboxylic acids is 1. The highest BCUT2D eigenvalue weighted by Gasteiger charge is 2.12. The molecule has 0 radical (unpaired) electrons. The summed E-state index contributed by atoms with van der Waals surface area (Å²) in [5.41, 5.74) is 1.38. The molecule has 1 aliphatic rings. The largest absolute Gasteiger partial charge is 0.351 e. The lowest BCUT2D eigenvalue weighted by atomic mass is 10.3. The van der Waals surface area contributed by atoms with Crippen molar-refractivity contribution < 1.29 is 4.79 Å². The average molecular weight is 334 g/mol. The molecule has 0 aliphatic carbocycles. The standard InChI is InChI=1S/C16H20ClN5O/c17-14-2-1-3-15(10-14)22-12-13(11-20-22)16(23)19-6-9-21-7-4-18-5-8-21/h1-3,10-12,18H,4-9H2,(H,19,23). The van der Waals surface area contributed by atoms with Crippen LogP contribution in [0.5, 0.6) is 0 Å². The summed E-state index contributed by atoms with van der Waals surface area (Å²) in [4.78, 5) is 14.5. The van der Waals surface area contributed by atoms with Gasteiger partial charge in [0, 0.05) is 50.5 Å². The molecule has 0 bridgehead atoms. The second kappa shape index (κ2) is 7.59. The van der Waals surface area contributed by atoms with Crippen LogP contribution in [-0.4, -0.2) is 59.9 Å². The molecule has 3 rings (SSSR count). The Labute approximate surface area is 140 Å². The Bertz CT molecular complexity index is 666. The summed E-state index contributed by atoms with van der Waals surface area (Å²) in [5, 5.41) is 11.1. The maximum Gasteiger partial charge on any atom is 0.254 e. The van der Waals surface area contributed by atoms with Crippen molar-refractivity contribution in [3.05, 3.63) is 47.2 Å². The lowest BCUT2D eigenvalue weighted by molar-refractivity contribution is 0.0947. The topological polar surface area (TPSA) is 62.2 Å². The molecule has 0 saturated carbocycles. The third kappa shape index (κ3) is 4.31. The van der Waals surface area contributed by atoms with Crippen LogP contribution in [-0.2, 0) is 0 Å². The van der Waals surface area contributed by atoms with Gasteiger partial charge in [-0.1, -0.05) is 17.7 Å². The van der Waals surface area contributed by atoms with Gasteiger partial charge in [-0.25, -0.2) is 4.68 Å². The zero-order chi connectivity index (χ0) is 16.1. The summed E-state index contributed by atoms with van der Waals surface area (Å²) in [7, 11) is 0. The number of amides is 1. The average Bonchev–Trinajstić information content (AvgIpc) is 3.06. The highest BCUT2D eigenvalue weighted by Crippen LogP contribution is 2.14. The van der Waals surface area contributed by atoms with Gasteiger partial charge in [0.25, 0.3) is 5.91 Å². The number of nitrogens with zero attached hydrogens (tertiary/aromatic N) is 3.